The Morgan fingerprint density at radius 2 is 1.35 bits per heavy atom. The molecule has 1 aliphatic rings. The first-order valence-electron chi connectivity index (χ1n) is 14.6. The molecule has 3 aromatic carbocycles. The van der Waals surface area contributed by atoms with Crippen molar-refractivity contribution < 1.29 is 38.4 Å². The molecule has 1 aromatic heterocycles. The number of aromatic nitrogens is 2. The summed E-state index contributed by atoms with van der Waals surface area (Å²) in [6.07, 6.45) is -4.31. The lowest BCUT2D eigenvalue weighted by molar-refractivity contribution is -0.0672. The van der Waals surface area contributed by atoms with Crippen molar-refractivity contribution in [3.63, 3.8) is 0 Å². The van der Waals surface area contributed by atoms with Crippen molar-refractivity contribution in [3.05, 3.63) is 130 Å². The highest BCUT2D eigenvalue weighted by molar-refractivity contribution is 7.99. The van der Waals surface area contributed by atoms with Crippen LogP contribution in [0.4, 0.5) is 0 Å². The van der Waals surface area contributed by atoms with Gasteiger partial charge in [-0.05, 0) is 49.7 Å². The molecule has 0 aliphatic carbocycles. The first kappa shape index (κ1) is 32.6. The van der Waals surface area contributed by atoms with Gasteiger partial charge in [-0.15, -0.1) is 0 Å². The Morgan fingerprint density at radius 1 is 0.826 bits per heavy atom. The molecule has 0 bridgehead atoms. The van der Waals surface area contributed by atoms with Crippen LogP contribution in [-0.2, 0) is 18.9 Å². The number of ether oxygens (including phenoxy) is 4. The number of thioether (sulfide) groups is 1. The largest absolute Gasteiger partial charge is 0.459 e. The standard InChI is InChI=1S/C34H32N2O9S/c1-22-20-27(38)35-34(46-19-11-18-37)36(22)30-29(45-33(41)25-16-9-4-10-17-25)28(44-32(40)24-14-7-3-8-15-24)26(43-30)21-42-31(39)23-12-5-2-6-13-23/h2-10,12-17,20,26,28-30,37H,11,18-19,21H2,1H3/t26-,28-,29-,30-/m1/s1. The molecule has 12 heteroatoms. The second-order valence-electron chi connectivity index (χ2n) is 10.3. The van der Waals surface area contributed by atoms with Gasteiger partial charge in [0, 0.05) is 24.1 Å². The molecule has 0 radical (unpaired) electrons. The van der Waals surface area contributed by atoms with E-state index in [4.69, 9.17) is 18.9 Å². The van der Waals surface area contributed by atoms with E-state index in [1.165, 1.54) is 17.8 Å². The second kappa shape index (κ2) is 15.5. The predicted molar refractivity (Wildman–Crippen MR) is 168 cm³/mol. The maximum absolute atomic E-state index is 13.5. The lowest BCUT2D eigenvalue weighted by Crippen LogP contribution is -2.41. The van der Waals surface area contributed by atoms with Crippen LogP contribution in [-0.4, -0.2) is 69.8 Å². The van der Waals surface area contributed by atoms with Crippen molar-refractivity contribution >= 4 is 29.7 Å². The van der Waals surface area contributed by atoms with Crippen molar-refractivity contribution in [2.45, 2.75) is 43.0 Å². The van der Waals surface area contributed by atoms with Crippen molar-refractivity contribution in [1.29, 1.82) is 0 Å². The third kappa shape index (κ3) is 7.89. The fourth-order valence-electron chi connectivity index (χ4n) is 4.88. The van der Waals surface area contributed by atoms with Crippen LogP contribution in [0, 0.1) is 6.92 Å². The number of aryl methyl sites for hydroxylation is 1. The number of hydrogen-bond donors (Lipinski definition) is 1. The number of rotatable bonds is 12. The van der Waals surface area contributed by atoms with Crippen molar-refractivity contribution in [3.8, 4) is 0 Å². The zero-order chi connectivity index (χ0) is 32.5. The summed E-state index contributed by atoms with van der Waals surface area (Å²) < 4.78 is 25.7. The SMILES string of the molecule is Cc1cc(=O)nc(SCCCO)n1[C@@H]1O[C@H](COC(=O)c2ccccc2)[C@@H](OC(=O)c2ccccc2)[C@H]1OC(=O)c1ccccc1. The molecule has 4 aromatic rings. The predicted octanol–water partition coefficient (Wildman–Crippen LogP) is 4.23. The molecule has 46 heavy (non-hydrogen) atoms. The fourth-order valence-corrected chi connectivity index (χ4v) is 5.88. The van der Waals surface area contributed by atoms with Crippen molar-refractivity contribution in [2.24, 2.45) is 0 Å². The summed E-state index contributed by atoms with van der Waals surface area (Å²) in [5.74, 6) is -1.61. The lowest BCUT2D eigenvalue weighted by Gasteiger charge is -2.27. The number of benzene rings is 3. The number of carbonyl (C=O) groups excluding carboxylic acids is 3. The van der Waals surface area contributed by atoms with E-state index in [-0.39, 0.29) is 29.5 Å². The number of esters is 3. The van der Waals surface area contributed by atoms with Crippen LogP contribution in [0.25, 0.3) is 0 Å². The van der Waals surface area contributed by atoms with E-state index in [0.717, 1.165) is 0 Å². The van der Waals surface area contributed by atoms with Gasteiger partial charge in [-0.2, -0.15) is 4.98 Å². The first-order valence-corrected chi connectivity index (χ1v) is 15.6. The zero-order valence-electron chi connectivity index (χ0n) is 24.9. The normalized spacial score (nSPS) is 18.9. The van der Waals surface area contributed by atoms with Crippen LogP contribution in [0.5, 0.6) is 0 Å². The highest BCUT2D eigenvalue weighted by Gasteiger charge is 2.52. The van der Waals surface area contributed by atoms with Crippen LogP contribution >= 0.6 is 11.8 Å². The first-order chi connectivity index (χ1) is 22.4. The Kier molecular flexibility index (Phi) is 11.0. The summed E-state index contributed by atoms with van der Waals surface area (Å²) >= 11 is 1.21. The highest BCUT2D eigenvalue weighted by atomic mass is 32.2. The maximum Gasteiger partial charge on any atom is 0.338 e. The van der Waals surface area contributed by atoms with E-state index in [1.807, 2.05) is 0 Å². The minimum atomic E-state index is -1.26. The summed E-state index contributed by atoms with van der Waals surface area (Å²) in [6, 6.07) is 26.2. The molecule has 4 atom stereocenters. The molecule has 1 N–H and O–H groups in total. The lowest BCUT2D eigenvalue weighted by atomic mass is 10.1. The molecule has 5 rings (SSSR count). The van der Waals surface area contributed by atoms with Gasteiger partial charge in [-0.25, -0.2) is 14.4 Å². The number of aliphatic hydroxyl groups excluding tert-OH is 1. The van der Waals surface area contributed by atoms with Crippen LogP contribution < -0.4 is 5.56 Å². The zero-order valence-corrected chi connectivity index (χ0v) is 25.7. The van der Waals surface area contributed by atoms with Crippen LogP contribution in [0.3, 0.4) is 0 Å². The molecule has 1 fully saturated rings. The van der Waals surface area contributed by atoms with E-state index in [9.17, 15) is 24.3 Å². The van der Waals surface area contributed by atoms with Gasteiger partial charge in [0.2, 0.25) is 0 Å². The molecular weight excluding hydrogens is 612 g/mol. The van der Waals surface area contributed by atoms with E-state index in [1.54, 1.807) is 102 Å². The van der Waals surface area contributed by atoms with Gasteiger partial charge in [0.05, 0.1) is 16.7 Å². The summed E-state index contributed by atoms with van der Waals surface area (Å²) in [5.41, 5.74) is 0.759. The van der Waals surface area contributed by atoms with Crippen molar-refractivity contribution in [1.82, 2.24) is 9.55 Å². The Bertz CT molecular complexity index is 1700. The smallest absolute Gasteiger partial charge is 0.338 e. The third-order valence-corrected chi connectivity index (χ3v) is 8.13. The van der Waals surface area contributed by atoms with Gasteiger partial charge in [0.1, 0.15) is 12.7 Å². The Labute approximate surface area is 269 Å². The van der Waals surface area contributed by atoms with Crippen LogP contribution in [0.1, 0.15) is 49.4 Å². The van der Waals surface area contributed by atoms with Gasteiger partial charge in [0.25, 0.3) is 5.56 Å². The molecule has 0 spiro atoms. The Balaban J connectivity index is 1.55. The van der Waals surface area contributed by atoms with E-state index < -0.39 is 48.0 Å². The fraction of sp³-hybridized carbons (Fsp3) is 0.265. The summed E-state index contributed by atoms with van der Waals surface area (Å²) in [7, 11) is 0. The summed E-state index contributed by atoms with van der Waals surface area (Å²) in [6.45, 7) is 1.26. The molecule has 0 unspecified atom stereocenters. The molecule has 1 aliphatic heterocycles. The minimum absolute atomic E-state index is 0.0628. The molecule has 0 amide bonds. The molecule has 0 saturated carbocycles. The van der Waals surface area contributed by atoms with Gasteiger partial charge < -0.3 is 24.1 Å². The number of carbonyl (C=O) groups is 3. The number of aliphatic hydroxyl groups is 1. The van der Waals surface area contributed by atoms with Crippen molar-refractivity contribution in [2.75, 3.05) is 19.0 Å². The second-order valence-corrected chi connectivity index (χ2v) is 11.4. The van der Waals surface area contributed by atoms with E-state index in [2.05, 4.69) is 4.98 Å². The Morgan fingerprint density at radius 3 is 1.89 bits per heavy atom. The van der Waals surface area contributed by atoms with Gasteiger partial charge in [-0.3, -0.25) is 9.36 Å². The monoisotopic (exact) mass is 644 g/mol. The van der Waals surface area contributed by atoms with Gasteiger partial charge in [-0.1, -0.05) is 66.4 Å². The topological polar surface area (TPSA) is 143 Å². The van der Waals surface area contributed by atoms with Crippen LogP contribution in [0.15, 0.2) is 107 Å². The van der Waals surface area contributed by atoms with Gasteiger partial charge >= 0.3 is 17.9 Å². The van der Waals surface area contributed by atoms with Gasteiger partial charge in [0.15, 0.2) is 23.6 Å². The average molecular weight is 645 g/mol. The number of nitrogens with zero attached hydrogens (tertiary/aromatic N) is 2. The highest BCUT2D eigenvalue weighted by Crippen LogP contribution is 2.38. The van der Waals surface area contributed by atoms with E-state index in [0.29, 0.717) is 23.4 Å². The summed E-state index contributed by atoms with van der Waals surface area (Å²) in [4.78, 5) is 56.4. The molecule has 1 saturated heterocycles. The minimum Gasteiger partial charge on any atom is -0.459 e. The number of hydrogen-bond acceptors (Lipinski definition) is 11. The quantitative estimate of drug-likeness (QED) is 0.0778. The maximum atomic E-state index is 13.5. The molecule has 238 valence electrons. The van der Waals surface area contributed by atoms with Crippen LogP contribution in [0.2, 0.25) is 0 Å². The van der Waals surface area contributed by atoms with E-state index >= 15 is 0 Å². The molecule has 11 nitrogen and oxygen atoms in total. The molecule has 2 heterocycles. The third-order valence-electron chi connectivity index (χ3n) is 7.09. The average Bonchev–Trinajstić information content (AvgIpc) is 3.40. The summed E-state index contributed by atoms with van der Waals surface area (Å²) in [5, 5.41) is 9.59. The molecular formula is C34H32N2O9S. The Hall–Kier alpha value is -4.78.